The maximum atomic E-state index is 2.42. The van der Waals surface area contributed by atoms with E-state index in [-0.39, 0.29) is 5.41 Å². The number of benzene rings is 5. The fourth-order valence-electron chi connectivity index (χ4n) is 6.48. The Labute approximate surface area is 224 Å². The zero-order valence-electron chi connectivity index (χ0n) is 21.4. The van der Waals surface area contributed by atoms with Crippen LogP contribution >= 0.6 is 0 Å². The van der Waals surface area contributed by atoms with Gasteiger partial charge in [0.1, 0.15) is 0 Å². The zero-order valence-corrected chi connectivity index (χ0v) is 21.4. The van der Waals surface area contributed by atoms with Crippen LogP contribution in [0.4, 0.5) is 0 Å². The van der Waals surface area contributed by atoms with Gasteiger partial charge in [-0.05, 0) is 74.2 Å². The second-order valence-electron chi connectivity index (χ2n) is 10.0. The summed E-state index contributed by atoms with van der Waals surface area (Å²) < 4.78 is 0. The first-order chi connectivity index (χ1) is 18.8. The van der Waals surface area contributed by atoms with E-state index in [2.05, 4.69) is 159 Å². The Morgan fingerprint density at radius 1 is 0.553 bits per heavy atom. The smallest absolute Gasteiger partial charge is 0.0725 e. The van der Waals surface area contributed by atoms with Crippen LogP contribution in [-0.4, -0.2) is 0 Å². The number of rotatable bonds is 4. The van der Waals surface area contributed by atoms with Crippen molar-refractivity contribution in [1.29, 1.82) is 0 Å². The quantitative estimate of drug-likeness (QED) is 0.218. The molecule has 0 aliphatic heterocycles. The molecule has 1 spiro atoms. The van der Waals surface area contributed by atoms with Gasteiger partial charge < -0.3 is 0 Å². The molecule has 2 aliphatic carbocycles. The standard InChI is InChI=1S/C38H28/c1-2-3-13-29(28-14-5-4-6-15-28)24-22-27-23-25-33-32-18-9-12-21-36(32)38(37(33)26-27)34-19-10-7-16-30(34)31-17-8-11-20-35(31)38/h2-26H,1H3/b3-2+,24-22-,29-13+. The van der Waals surface area contributed by atoms with Crippen LogP contribution in [0.3, 0.4) is 0 Å². The summed E-state index contributed by atoms with van der Waals surface area (Å²) in [5.41, 5.74) is 14.2. The highest BCUT2D eigenvalue weighted by atomic mass is 14.5. The maximum absolute atomic E-state index is 2.42. The number of hydrogen-bond donors (Lipinski definition) is 0. The van der Waals surface area contributed by atoms with Gasteiger partial charge in [-0.2, -0.15) is 0 Å². The van der Waals surface area contributed by atoms with Crippen LogP contribution in [0.25, 0.3) is 33.9 Å². The zero-order chi connectivity index (χ0) is 25.5. The molecule has 0 heterocycles. The fourth-order valence-corrected chi connectivity index (χ4v) is 6.48. The summed E-state index contributed by atoms with van der Waals surface area (Å²) in [5.74, 6) is 0. The lowest BCUT2D eigenvalue weighted by Gasteiger charge is -2.30. The van der Waals surface area contributed by atoms with Crippen LogP contribution in [0, 0.1) is 0 Å². The van der Waals surface area contributed by atoms with E-state index in [9.17, 15) is 0 Å². The average Bonchev–Trinajstić information content (AvgIpc) is 3.45. The van der Waals surface area contributed by atoms with E-state index in [4.69, 9.17) is 0 Å². The minimum atomic E-state index is -0.300. The lowest BCUT2D eigenvalue weighted by molar-refractivity contribution is 0.793. The topological polar surface area (TPSA) is 0 Å². The minimum Gasteiger partial charge on any atom is -0.0876 e. The third-order valence-electron chi connectivity index (χ3n) is 8.05. The van der Waals surface area contributed by atoms with Gasteiger partial charge >= 0.3 is 0 Å². The largest absolute Gasteiger partial charge is 0.0876 e. The van der Waals surface area contributed by atoms with E-state index in [1.165, 1.54) is 61.2 Å². The summed E-state index contributed by atoms with van der Waals surface area (Å²) in [4.78, 5) is 0. The lowest BCUT2D eigenvalue weighted by Crippen LogP contribution is -2.25. The van der Waals surface area contributed by atoms with Crippen molar-refractivity contribution in [2.24, 2.45) is 0 Å². The van der Waals surface area contributed by atoms with Crippen molar-refractivity contribution >= 4 is 11.6 Å². The van der Waals surface area contributed by atoms with Gasteiger partial charge in [0.2, 0.25) is 0 Å². The molecule has 5 aromatic rings. The van der Waals surface area contributed by atoms with Crippen molar-refractivity contribution in [2.75, 3.05) is 0 Å². The predicted molar refractivity (Wildman–Crippen MR) is 161 cm³/mol. The predicted octanol–water partition coefficient (Wildman–Crippen LogP) is 9.70. The molecule has 0 nitrogen and oxygen atoms in total. The maximum Gasteiger partial charge on any atom is 0.0725 e. The molecule has 180 valence electrons. The first-order valence-electron chi connectivity index (χ1n) is 13.3. The molecule has 0 saturated heterocycles. The first-order valence-corrected chi connectivity index (χ1v) is 13.3. The summed E-state index contributed by atoms with van der Waals surface area (Å²) in [6.45, 7) is 2.05. The molecule has 7 rings (SSSR count). The van der Waals surface area contributed by atoms with Crippen LogP contribution in [0.15, 0.2) is 146 Å². The van der Waals surface area contributed by atoms with Gasteiger partial charge in [-0.25, -0.2) is 0 Å². The monoisotopic (exact) mass is 484 g/mol. The van der Waals surface area contributed by atoms with Gasteiger partial charge in [0.15, 0.2) is 0 Å². The van der Waals surface area contributed by atoms with Gasteiger partial charge in [-0.1, -0.05) is 146 Å². The van der Waals surface area contributed by atoms with E-state index < -0.39 is 0 Å². The lowest BCUT2D eigenvalue weighted by atomic mass is 9.70. The summed E-state index contributed by atoms with van der Waals surface area (Å²) in [5, 5.41) is 0. The Morgan fingerprint density at radius 3 is 1.66 bits per heavy atom. The molecule has 38 heavy (non-hydrogen) atoms. The molecule has 0 bridgehead atoms. The first kappa shape index (κ1) is 22.5. The molecule has 0 aromatic heterocycles. The van der Waals surface area contributed by atoms with E-state index in [1.807, 2.05) is 0 Å². The second kappa shape index (κ2) is 9.01. The Kier molecular flexibility index (Phi) is 5.34. The molecule has 0 amide bonds. The van der Waals surface area contributed by atoms with Gasteiger partial charge in [-0.15, -0.1) is 0 Å². The normalized spacial score (nSPS) is 14.6. The van der Waals surface area contributed by atoms with E-state index in [1.54, 1.807) is 0 Å². The average molecular weight is 485 g/mol. The number of allylic oxidation sites excluding steroid dienone is 5. The Bertz CT molecular complexity index is 1700. The molecular weight excluding hydrogens is 456 g/mol. The Hall–Kier alpha value is -4.68. The molecule has 0 N–H and O–H groups in total. The van der Waals surface area contributed by atoms with Gasteiger partial charge in [-0.3, -0.25) is 0 Å². The van der Waals surface area contributed by atoms with Crippen molar-refractivity contribution < 1.29 is 0 Å². The highest BCUT2D eigenvalue weighted by Gasteiger charge is 2.51. The molecule has 0 fully saturated rings. The molecule has 0 radical (unpaired) electrons. The van der Waals surface area contributed by atoms with Crippen molar-refractivity contribution in [3.63, 3.8) is 0 Å². The molecular formula is C38H28. The van der Waals surface area contributed by atoms with Gasteiger partial charge in [0, 0.05) is 0 Å². The summed E-state index contributed by atoms with van der Waals surface area (Å²) in [6, 6.07) is 44.5. The third-order valence-corrected chi connectivity index (χ3v) is 8.05. The summed E-state index contributed by atoms with van der Waals surface area (Å²) in [6.07, 6.45) is 10.9. The van der Waals surface area contributed by atoms with Crippen LogP contribution < -0.4 is 0 Å². The van der Waals surface area contributed by atoms with Crippen LogP contribution in [0.1, 0.15) is 40.3 Å². The van der Waals surface area contributed by atoms with Crippen molar-refractivity contribution in [1.82, 2.24) is 0 Å². The molecule has 0 heteroatoms. The van der Waals surface area contributed by atoms with Crippen LogP contribution in [-0.2, 0) is 5.41 Å². The fraction of sp³-hybridized carbons (Fsp3) is 0.0526. The van der Waals surface area contributed by atoms with Gasteiger partial charge in [0.05, 0.1) is 5.41 Å². The molecule has 5 aromatic carbocycles. The Balaban J connectivity index is 1.44. The summed E-state index contributed by atoms with van der Waals surface area (Å²) in [7, 11) is 0. The van der Waals surface area contributed by atoms with E-state index in [0.717, 1.165) is 0 Å². The van der Waals surface area contributed by atoms with E-state index >= 15 is 0 Å². The van der Waals surface area contributed by atoms with Crippen molar-refractivity contribution in [3.8, 4) is 22.3 Å². The molecule has 0 atom stereocenters. The molecule has 0 saturated carbocycles. The molecule has 0 unspecified atom stereocenters. The molecule has 2 aliphatic rings. The van der Waals surface area contributed by atoms with E-state index in [0.29, 0.717) is 0 Å². The number of hydrogen-bond acceptors (Lipinski definition) is 0. The van der Waals surface area contributed by atoms with Crippen LogP contribution in [0.2, 0.25) is 0 Å². The minimum absolute atomic E-state index is 0.300. The Morgan fingerprint density at radius 2 is 1.08 bits per heavy atom. The van der Waals surface area contributed by atoms with Crippen molar-refractivity contribution in [3.05, 3.63) is 179 Å². The van der Waals surface area contributed by atoms with Crippen LogP contribution in [0.5, 0.6) is 0 Å². The number of fused-ring (bicyclic) bond motifs is 10. The second-order valence-corrected chi connectivity index (χ2v) is 10.0. The highest BCUT2D eigenvalue weighted by Crippen LogP contribution is 2.62. The summed E-state index contributed by atoms with van der Waals surface area (Å²) >= 11 is 0. The third kappa shape index (κ3) is 3.24. The highest BCUT2D eigenvalue weighted by molar-refractivity contribution is 5.95. The SMILES string of the molecule is C/C=C/C=C(\C=C/c1ccc2c(c1)C1(c3ccccc3-c3ccccc31)c1ccccc1-2)c1ccccc1. The van der Waals surface area contributed by atoms with Crippen molar-refractivity contribution in [2.45, 2.75) is 12.3 Å². The van der Waals surface area contributed by atoms with Gasteiger partial charge in [0.25, 0.3) is 0 Å².